The van der Waals surface area contributed by atoms with Crippen molar-refractivity contribution in [1.82, 2.24) is 0 Å². The number of amides is 1. The fourth-order valence-corrected chi connectivity index (χ4v) is 2.75. The van der Waals surface area contributed by atoms with Gasteiger partial charge in [-0.1, -0.05) is 43.9 Å². The topological polar surface area (TPSA) is 49.3 Å². The smallest absolute Gasteiger partial charge is 0.224 e. The molecule has 2 atom stereocenters. The molecule has 104 valence electrons. The van der Waals surface area contributed by atoms with E-state index < -0.39 is 0 Å². The highest BCUT2D eigenvalue weighted by Crippen LogP contribution is 2.25. The Morgan fingerprint density at radius 3 is 2.53 bits per heavy atom. The number of aliphatic hydroxyl groups excluding tert-OH is 1. The van der Waals surface area contributed by atoms with E-state index in [1.807, 2.05) is 30.3 Å². The summed E-state index contributed by atoms with van der Waals surface area (Å²) < 4.78 is 0. The fourth-order valence-electron chi connectivity index (χ4n) is 2.75. The molecular formula is C16H23NO2. The van der Waals surface area contributed by atoms with Gasteiger partial charge in [-0.15, -0.1) is 0 Å². The van der Waals surface area contributed by atoms with Crippen molar-refractivity contribution in [3.63, 3.8) is 0 Å². The number of hydrogen-bond acceptors (Lipinski definition) is 2. The van der Waals surface area contributed by atoms with Crippen LogP contribution in [0.5, 0.6) is 0 Å². The second-order valence-corrected chi connectivity index (χ2v) is 5.44. The largest absolute Gasteiger partial charge is 0.393 e. The monoisotopic (exact) mass is 261 g/mol. The molecule has 19 heavy (non-hydrogen) atoms. The molecule has 0 unspecified atom stereocenters. The van der Waals surface area contributed by atoms with Gasteiger partial charge in [0.2, 0.25) is 5.91 Å². The Morgan fingerprint density at radius 1 is 1.11 bits per heavy atom. The summed E-state index contributed by atoms with van der Waals surface area (Å²) in [4.78, 5) is 12.0. The van der Waals surface area contributed by atoms with Gasteiger partial charge in [-0.2, -0.15) is 0 Å². The number of nitrogens with one attached hydrogen (secondary N) is 1. The van der Waals surface area contributed by atoms with Crippen molar-refractivity contribution < 1.29 is 9.90 Å². The second kappa shape index (κ2) is 7.29. The molecule has 2 N–H and O–H groups in total. The molecule has 1 saturated carbocycles. The predicted molar refractivity (Wildman–Crippen MR) is 76.9 cm³/mol. The number of anilines is 1. The van der Waals surface area contributed by atoms with Crippen LogP contribution in [0.25, 0.3) is 0 Å². The van der Waals surface area contributed by atoms with E-state index >= 15 is 0 Å². The van der Waals surface area contributed by atoms with Crippen molar-refractivity contribution in [2.24, 2.45) is 5.92 Å². The third-order valence-corrected chi connectivity index (χ3v) is 3.87. The van der Waals surface area contributed by atoms with Crippen molar-refractivity contribution in [2.45, 2.75) is 51.0 Å². The van der Waals surface area contributed by atoms with Gasteiger partial charge in [0, 0.05) is 12.1 Å². The molecule has 0 aromatic heterocycles. The summed E-state index contributed by atoms with van der Waals surface area (Å²) in [5.41, 5.74) is 0.827. The van der Waals surface area contributed by atoms with Crippen LogP contribution < -0.4 is 5.32 Å². The Bertz CT molecular complexity index is 391. The molecule has 0 bridgehead atoms. The van der Waals surface area contributed by atoms with E-state index in [0.29, 0.717) is 6.42 Å². The van der Waals surface area contributed by atoms with Crippen LogP contribution in [0.15, 0.2) is 30.3 Å². The molecule has 0 spiro atoms. The summed E-state index contributed by atoms with van der Waals surface area (Å²) in [6.07, 6.45) is 6.55. The Hall–Kier alpha value is -1.35. The zero-order valence-corrected chi connectivity index (χ0v) is 11.3. The number of hydrogen-bond donors (Lipinski definition) is 2. The number of carbonyl (C=O) groups is 1. The number of rotatable bonds is 3. The lowest BCUT2D eigenvalue weighted by Gasteiger charge is -2.24. The first-order valence-corrected chi connectivity index (χ1v) is 7.28. The molecule has 0 heterocycles. The van der Waals surface area contributed by atoms with Gasteiger partial charge in [0.05, 0.1) is 6.10 Å². The van der Waals surface area contributed by atoms with Crippen LogP contribution in [-0.2, 0) is 4.79 Å². The molecule has 3 heteroatoms. The van der Waals surface area contributed by atoms with Gasteiger partial charge >= 0.3 is 0 Å². The molecular weight excluding hydrogens is 238 g/mol. The second-order valence-electron chi connectivity index (χ2n) is 5.44. The van der Waals surface area contributed by atoms with Gasteiger partial charge in [0.25, 0.3) is 0 Å². The normalized spacial score (nSPS) is 24.3. The summed E-state index contributed by atoms with van der Waals surface area (Å²) in [5.74, 6) is 0.125. The SMILES string of the molecule is O=C(C[C@@H]1CCCCCC[C@H]1O)Nc1ccccc1. The van der Waals surface area contributed by atoms with Crippen molar-refractivity contribution in [3.05, 3.63) is 30.3 Å². The zero-order valence-electron chi connectivity index (χ0n) is 11.3. The minimum absolute atomic E-state index is 0.0100. The van der Waals surface area contributed by atoms with Crippen molar-refractivity contribution >= 4 is 11.6 Å². The molecule has 1 fully saturated rings. The Balaban J connectivity index is 1.86. The number of aliphatic hydroxyl groups is 1. The molecule has 1 amide bonds. The van der Waals surface area contributed by atoms with E-state index in [1.54, 1.807) is 0 Å². The molecule has 0 saturated heterocycles. The lowest BCUT2D eigenvalue weighted by atomic mass is 9.86. The number of carbonyl (C=O) groups excluding carboxylic acids is 1. The third kappa shape index (κ3) is 4.67. The summed E-state index contributed by atoms with van der Waals surface area (Å²) in [6, 6.07) is 9.49. The maximum absolute atomic E-state index is 12.0. The Labute approximate surface area is 115 Å². The third-order valence-electron chi connectivity index (χ3n) is 3.87. The average molecular weight is 261 g/mol. The Kier molecular flexibility index (Phi) is 5.40. The summed E-state index contributed by atoms with van der Waals surface area (Å²) in [5, 5.41) is 13.0. The molecule has 3 nitrogen and oxygen atoms in total. The van der Waals surface area contributed by atoms with E-state index in [4.69, 9.17) is 0 Å². The fraction of sp³-hybridized carbons (Fsp3) is 0.562. The first-order chi connectivity index (χ1) is 9.25. The molecule has 1 aromatic rings. The minimum Gasteiger partial charge on any atom is -0.393 e. The highest BCUT2D eigenvalue weighted by molar-refractivity contribution is 5.90. The molecule has 0 radical (unpaired) electrons. The van der Waals surface area contributed by atoms with Crippen LogP contribution in [-0.4, -0.2) is 17.1 Å². The summed E-state index contributed by atoms with van der Waals surface area (Å²) in [7, 11) is 0. The summed E-state index contributed by atoms with van der Waals surface area (Å²) >= 11 is 0. The van der Waals surface area contributed by atoms with Crippen molar-refractivity contribution in [2.75, 3.05) is 5.32 Å². The minimum atomic E-state index is -0.318. The standard InChI is InChI=1S/C16H23NO2/c18-15-11-7-2-1-4-8-13(15)12-16(19)17-14-9-5-3-6-10-14/h3,5-6,9-10,13,15,18H,1-2,4,7-8,11-12H2,(H,17,19)/t13-,15+/m0/s1. The zero-order chi connectivity index (χ0) is 13.5. The molecule has 0 aliphatic heterocycles. The van der Waals surface area contributed by atoms with Gasteiger partial charge in [-0.3, -0.25) is 4.79 Å². The van der Waals surface area contributed by atoms with Gasteiger partial charge in [0.1, 0.15) is 0 Å². The molecule has 2 rings (SSSR count). The van der Waals surface area contributed by atoms with Crippen LogP contribution in [0.1, 0.15) is 44.9 Å². The van der Waals surface area contributed by atoms with E-state index in [2.05, 4.69) is 5.32 Å². The number of benzene rings is 1. The lowest BCUT2D eigenvalue weighted by Crippen LogP contribution is -2.27. The van der Waals surface area contributed by atoms with Crippen LogP contribution in [0.3, 0.4) is 0 Å². The van der Waals surface area contributed by atoms with Crippen molar-refractivity contribution in [1.29, 1.82) is 0 Å². The van der Waals surface area contributed by atoms with Crippen molar-refractivity contribution in [3.8, 4) is 0 Å². The predicted octanol–water partition coefficient (Wildman–Crippen LogP) is 3.35. The highest BCUT2D eigenvalue weighted by atomic mass is 16.3. The quantitative estimate of drug-likeness (QED) is 0.876. The van der Waals surface area contributed by atoms with Crippen LogP contribution >= 0.6 is 0 Å². The average Bonchev–Trinajstić information content (AvgIpc) is 2.40. The van der Waals surface area contributed by atoms with Crippen LogP contribution in [0, 0.1) is 5.92 Å². The van der Waals surface area contributed by atoms with Gasteiger partial charge in [-0.05, 0) is 30.9 Å². The maximum Gasteiger partial charge on any atom is 0.224 e. The van der Waals surface area contributed by atoms with E-state index in [-0.39, 0.29) is 17.9 Å². The maximum atomic E-state index is 12.0. The van der Waals surface area contributed by atoms with Crippen LogP contribution in [0.2, 0.25) is 0 Å². The van der Waals surface area contributed by atoms with E-state index in [0.717, 1.165) is 31.4 Å². The lowest BCUT2D eigenvalue weighted by molar-refractivity contribution is -0.118. The molecule has 1 aliphatic carbocycles. The van der Waals surface area contributed by atoms with Gasteiger partial charge < -0.3 is 10.4 Å². The van der Waals surface area contributed by atoms with Gasteiger partial charge in [-0.25, -0.2) is 0 Å². The summed E-state index contributed by atoms with van der Waals surface area (Å²) in [6.45, 7) is 0. The Morgan fingerprint density at radius 2 is 1.79 bits per heavy atom. The van der Waals surface area contributed by atoms with Crippen LogP contribution in [0.4, 0.5) is 5.69 Å². The first kappa shape index (κ1) is 14.1. The molecule has 1 aliphatic rings. The molecule has 1 aromatic carbocycles. The number of para-hydroxylation sites is 1. The van der Waals surface area contributed by atoms with E-state index in [9.17, 15) is 9.90 Å². The van der Waals surface area contributed by atoms with E-state index in [1.165, 1.54) is 12.8 Å². The first-order valence-electron chi connectivity index (χ1n) is 7.28. The van der Waals surface area contributed by atoms with Gasteiger partial charge in [0.15, 0.2) is 0 Å². The highest BCUT2D eigenvalue weighted by Gasteiger charge is 2.23.